The van der Waals surface area contributed by atoms with Crippen LogP contribution in [-0.2, 0) is 20.2 Å². The van der Waals surface area contributed by atoms with Crippen LogP contribution in [0.15, 0.2) is 71.6 Å². The Hall–Kier alpha value is -2.83. The van der Waals surface area contributed by atoms with Crippen LogP contribution >= 0.6 is 11.6 Å². The molecule has 1 N–H and O–H groups in total. The van der Waals surface area contributed by atoms with Gasteiger partial charge >= 0.3 is 0 Å². The van der Waals surface area contributed by atoms with Crippen molar-refractivity contribution in [2.24, 2.45) is 17.8 Å². The lowest BCUT2D eigenvalue weighted by atomic mass is 9.48. The molecule has 0 atom stereocenters. The molecule has 0 aliphatic heterocycles. The van der Waals surface area contributed by atoms with Crippen LogP contribution in [0.5, 0.6) is 0 Å². The Balaban J connectivity index is 1.23. The van der Waals surface area contributed by atoms with Crippen LogP contribution < -0.4 is 9.62 Å². The fraction of sp³-hybridized carbons (Fsp3) is 0.406. The molecule has 7 rings (SSSR count). The van der Waals surface area contributed by atoms with Gasteiger partial charge in [-0.2, -0.15) is 0 Å². The molecule has 3 aromatic rings. The van der Waals surface area contributed by atoms with Crippen molar-refractivity contribution in [2.75, 3.05) is 16.2 Å². The molecule has 4 bridgehead atoms. The molecular weight excluding hydrogens is 528 g/mol. The largest absolute Gasteiger partial charge is 0.325 e. The number of hydrogen-bond acceptors (Lipinski definition) is 3. The number of nitrogens with one attached hydrogen (secondary N) is 1. The first-order valence-electron chi connectivity index (χ1n) is 13.9. The first kappa shape index (κ1) is 26.4. The van der Waals surface area contributed by atoms with Gasteiger partial charge in [-0.3, -0.25) is 9.10 Å². The molecule has 5 nitrogen and oxygen atoms in total. The highest BCUT2D eigenvalue weighted by Crippen LogP contribution is 2.60. The summed E-state index contributed by atoms with van der Waals surface area (Å²) < 4.78 is 28.6. The van der Waals surface area contributed by atoms with Crippen LogP contribution in [0.1, 0.15) is 55.2 Å². The molecule has 39 heavy (non-hydrogen) atoms. The summed E-state index contributed by atoms with van der Waals surface area (Å²) in [5.74, 6) is 2.21. The standard InChI is InChI=1S/C32H35ClN2O3S/c1-21-3-10-29(11-4-21)39(37,38)35(30-12-7-27(33)13-22(30)2)20-31(36)34-28-8-5-26(6-9-28)32-17-23-14-24(18-32)16-25(15-23)19-32/h3-13,23-25H,14-20H2,1-2H3,(H,34,36). The Morgan fingerprint density at radius 1 is 0.897 bits per heavy atom. The first-order valence-corrected chi connectivity index (χ1v) is 15.7. The van der Waals surface area contributed by atoms with Gasteiger partial charge in [0.15, 0.2) is 0 Å². The molecule has 4 saturated carbocycles. The van der Waals surface area contributed by atoms with Gasteiger partial charge in [0.25, 0.3) is 10.0 Å². The van der Waals surface area contributed by atoms with E-state index >= 15 is 0 Å². The maximum absolute atomic E-state index is 13.7. The van der Waals surface area contributed by atoms with Gasteiger partial charge in [0.05, 0.1) is 10.6 Å². The molecule has 1 amide bonds. The highest BCUT2D eigenvalue weighted by Gasteiger charge is 2.51. The number of carbonyl (C=O) groups is 1. The molecular formula is C32H35ClN2O3S. The number of anilines is 2. The van der Waals surface area contributed by atoms with Crippen molar-refractivity contribution in [2.45, 2.75) is 62.7 Å². The lowest BCUT2D eigenvalue weighted by Crippen LogP contribution is -2.48. The van der Waals surface area contributed by atoms with Crippen molar-refractivity contribution in [3.8, 4) is 0 Å². The lowest BCUT2D eigenvalue weighted by Gasteiger charge is -2.57. The highest BCUT2D eigenvalue weighted by molar-refractivity contribution is 7.92. The number of benzene rings is 3. The molecule has 4 fully saturated rings. The minimum Gasteiger partial charge on any atom is -0.325 e. The number of aryl methyl sites for hydroxylation is 2. The number of halogens is 1. The molecule has 0 heterocycles. The van der Waals surface area contributed by atoms with Gasteiger partial charge in [0.2, 0.25) is 5.91 Å². The highest BCUT2D eigenvalue weighted by atomic mass is 35.5. The summed E-state index contributed by atoms with van der Waals surface area (Å²) in [7, 11) is -4.00. The molecule has 4 aliphatic rings. The van der Waals surface area contributed by atoms with Gasteiger partial charge < -0.3 is 5.32 Å². The number of amides is 1. The summed E-state index contributed by atoms with van der Waals surface area (Å²) in [5.41, 5.74) is 4.41. The van der Waals surface area contributed by atoms with E-state index < -0.39 is 15.9 Å². The van der Waals surface area contributed by atoms with Crippen molar-refractivity contribution < 1.29 is 13.2 Å². The van der Waals surface area contributed by atoms with Gasteiger partial charge in [-0.1, -0.05) is 41.4 Å². The molecule has 0 saturated heterocycles. The van der Waals surface area contributed by atoms with E-state index in [-0.39, 0.29) is 11.4 Å². The SMILES string of the molecule is Cc1ccc(S(=O)(=O)N(CC(=O)Nc2ccc(C34CC5CC(CC(C5)C3)C4)cc2)c2ccc(Cl)cc2C)cc1. The summed E-state index contributed by atoms with van der Waals surface area (Å²) in [6.07, 6.45) is 8.08. The van der Waals surface area contributed by atoms with E-state index in [2.05, 4.69) is 17.4 Å². The fourth-order valence-electron chi connectivity index (χ4n) is 7.74. The van der Waals surface area contributed by atoms with E-state index in [0.29, 0.717) is 27.4 Å². The quantitative estimate of drug-likeness (QED) is 0.329. The third-order valence-electron chi connectivity index (χ3n) is 9.14. The molecule has 0 unspecified atom stereocenters. The predicted molar refractivity (Wildman–Crippen MR) is 157 cm³/mol. The molecule has 0 radical (unpaired) electrons. The lowest BCUT2D eigenvalue weighted by molar-refractivity contribution is -0.114. The predicted octanol–water partition coefficient (Wildman–Crippen LogP) is 7.26. The Morgan fingerprint density at radius 3 is 2.05 bits per heavy atom. The Morgan fingerprint density at radius 2 is 1.49 bits per heavy atom. The van der Waals surface area contributed by atoms with E-state index in [4.69, 9.17) is 11.6 Å². The minimum atomic E-state index is -4.00. The second-order valence-electron chi connectivity index (χ2n) is 12.1. The van der Waals surface area contributed by atoms with E-state index in [1.54, 1.807) is 49.4 Å². The minimum absolute atomic E-state index is 0.134. The van der Waals surface area contributed by atoms with E-state index in [9.17, 15) is 13.2 Å². The van der Waals surface area contributed by atoms with Crippen molar-refractivity contribution in [1.29, 1.82) is 0 Å². The van der Waals surface area contributed by atoms with Gasteiger partial charge in [-0.15, -0.1) is 0 Å². The Bertz CT molecular complexity index is 1460. The molecule has 4 aliphatic carbocycles. The Labute approximate surface area is 236 Å². The van der Waals surface area contributed by atoms with Gasteiger partial charge in [0, 0.05) is 10.7 Å². The summed E-state index contributed by atoms with van der Waals surface area (Å²) in [5, 5.41) is 3.44. The summed E-state index contributed by atoms with van der Waals surface area (Å²) in [6, 6.07) is 19.9. The van der Waals surface area contributed by atoms with Crippen LogP contribution in [0.25, 0.3) is 0 Å². The van der Waals surface area contributed by atoms with Crippen molar-refractivity contribution in [1.82, 2.24) is 0 Å². The van der Waals surface area contributed by atoms with Crippen molar-refractivity contribution in [3.05, 3.63) is 88.4 Å². The van der Waals surface area contributed by atoms with Gasteiger partial charge in [-0.25, -0.2) is 8.42 Å². The summed E-state index contributed by atoms with van der Waals surface area (Å²) >= 11 is 6.15. The van der Waals surface area contributed by atoms with Gasteiger partial charge in [0.1, 0.15) is 6.54 Å². The molecule has 3 aromatic carbocycles. The average Bonchev–Trinajstić information content (AvgIpc) is 2.87. The van der Waals surface area contributed by atoms with Gasteiger partial charge in [-0.05, 0) is 129 Å². The van der Waals surface area contributed by atoms with Crippen LogP contribution in [0, 0.1) is 31.6 Å². The number of nitrogens with zero attached hydrogens (tertiary/aromatic N) is 1. The Kier molecular flexibility index (Phi) is 6.75. The molecule has 0 spiro atoms. The maximum Gasteiger partial charge on any atom is 0.264 e. The van der Waals surface area contributed by atoms with Crippen LogP contribution in [-0.4, -0.2) is 20.9 Å². The van der Waals surface area contributed by atoms with E-state index in [1.165, 1.54) is 48.4 Å². The second-order valence-corrected chi connectivity index (χ2v) is 14.4. The van der Waals surface area contributed by atoms with Crippen molar-refractivity contribution >= 4 is 38.9 Å². The smallest absolute Gasteiger partial charge is 0.264 e. The third-order valence-corrected chi connectivity index (χ3v) is 11.2. The average molecular weight is 563 g/mol. The second kappa shape index (κ2) is 9.97. The maximum atomic E-state index is 13.7. The number of rotatable bonds is 7. The van der Waals surface area contributed by atoms with Crippen molar-refractivity contribution in [3.63, 3.8) is 0 Å². The monoisotopic (exact) mass is 562 g/mol. The zero-order chi connectivity index (χ0) is 27.4. The normalized spacial score (nSPS) is 25.5. The molecule has 0 aromatic heterocycles. The number of sulfonamides is 1. The third kappa shape index (κ3) is 5.09. The zero-order valence-electron chi connectivity index (χ0n) is 22.5. The van der Waals surface area contributed by atoms with Crippen LogP contribution in [0.3, 0.4) is 0 Å². The fourth-order valence-corrected chi connectivity index (χ4v) is 9.45. The topological polar surface area (TPSA) is 66.5 Å². The van der Waals surface area contributed by atoms with E-state index in [0.717, 1.165) is 23.3 Å². The van der Waals surface area contributed by atoms with E-state index in [1.807, 2.05) is 19.1 Å². The summed E-state index contributed by atoms with van der Waals surface area (Å²) in [6.45, 7) is 3.34. The zero-order valence-corrected chi connectivity index (χ0v) is 24.1. The van der Waals surface area contributed by atoms with Crippen LogP contribution in [0.2, 0.25) is 5.02 Å². The first-order chi connectivity index (χ1) is 18.6. The number of hydrogen-bond donors (Lipinski definition) is 1. The number of carbonyl (C=O) groups excluding carboxylic acids is 1. The molecule has 7 heteroatoms. The molecule has 204 valence electrons. The summed E-state index contributed by atoms with van der Waals surface area (Å²) in [4.78, 5) is 13.4. The van der Waals surface area contributed by atoms with Crippen LogP contribution in [0.4, 0.5) is 11.4 Å².